The van der Waals surface area contributed by atoms with Gasteiger partial charge in [0.25, 0.3) is 0 Å². The maximum Gasteiger partial charge on any atom is 0.0241 e. The van der Waals surface area contributed by atoms with Crippen LogP contribution in [0.25, 0.3) is 0 Å². The summed E-state index contributed by atoms with van der Waals surface area (Å²) in [6.45, 7) is 4.99. The topological polar surface area (TPSA) is 15.3 Å². The lowest BCUT2D eigenvalue weighted by Gasteiger charge is -2.34. The van der Waals surface area contributed by atoms with Gasteiger partial charge in [0.2, 0.25) is 0 Å². The van der Waals surface area contributed by atoms with Crippen LogP contribution in [-0.4, -0.2) is 30.6 Å². The molecule has 18 heavy (non-hydrogen) atoms. The zero-order valence-electron chi connectivity index (χ0n) is 10.8. The molecular weight excluding hydrogens is 264 g/mol. The summed E-state index contributed by atoms with van der Waals surface area (Å²) in [7, 11) is 0. The second-order valence-electron chi connectivity index (χ2n) is 5.45. The highest BCUT2D eigenvalue weighted by atomic mass is 35.5. The van der Waals surface area contributed by atoms with E-state index in [4.69, 9.17) is 0 Å². The van der Waals surface area contributed by atoms with Crippen LogP contribution in [-0.2, 0) is 6.54 Å². The molecule has 1 aromatic heterocycles. The normalized spacial score (nSPS) is 26.1. The van der Waals surface area contributed by atoms with Crippen molar-refractivity contribution in [2.45, 2.75) is 38.3 Å². The molecule has 1 aromatic rings. The van der Waals surface area contributed by atoms with Crippen molar-refractivity contribution in [1.29, 1.82) is 0 Å². The molecule has 0 spiro atoms. The Kier molecular flexibility index (Phi) is 5.49. The van der Waals surface area contributed by atoms with E-state index in [0.29, 0.717) is 0 Å². The standard InChI is InChI=1S/C14H22N2S.ClH/c1-2-14(15-6-1)13-3-7-16(8-4-13)10-12-5-9-17-11-12;/h5,9,11,13-15H,1-4,6-8,10H2;1H. The van der Waals surface area contributed by atoms with Gasteiger partial charge in [0.1, 0.15) is 0 Å². The molecule has 2 nitrogen and oxygen atoms in total. The molecule has 2 fully saturated rings. The van der Waals surface area contributed by atoms with Gasteiger partial charge in [0, 0.05) is 12.6 Å². The molecule has 3 rings (SSSR count). The maximum atomic E-state index is 3.67. The van der Waals surface area contributed by atoms with E-state index in [1.165, 1.54) is 50.9 Å². The SMILES string of the molecule is Cl.c1cc(CN2CCC(C3CCCN3)CC2)cs1. The lowest BCUT2D eigenvalue weighted by molar-refractivity contribution is 0.157. The molecule has 0 bridgehead atoms. The summed E-state index contributed by atoms with van der Waals surface area (Å²) in [5.41, 5.74) is 1.49. The highest BCUT2D eigenvalue weighted by Gasteiger charge is 2.28. The van der Waals surface area contributed by atoms with E-state index in [0.717, 1.165) is 18.5 Å². The lowest BCUT2D eigenvalue weighted by Crippen LogP contribution is -2.40. The van der Waals surface area contributed by atoms with Crippen LogP contribution < -0.4 is 5.32 Å². The number of thiophene rings is 1. The number of hydrogen-bond donors (Lipinski definition) is 1. The summed E-state index contributed by atoms with van der Waals surface area (Å²) >= 11 is 1.81. The van der Waals surface area contributed by atoms with Crippen molar-refractivity contribution in [3.63, 3.8) is 0 Å². The molecule has 2 saturated heterocycles. The van der Waals surface area contributed by atoms with E-state index in [9.17, 15) is 0 Å². The Labute approximate surface area is 120 Å². The fourth-order valence-corrected chi connectivity index (χ4v) is 3.93. The van der Waals surface area contributed by atoms with E-state index >= 15 is 0 Å². The summed E-state index contributed by atoms with van der Waals surface area (Å²) in [5, 5.41) is 8.14. The Balaban J connectivity index is 0.00000120. The zero-order chi connectivity index (χ0) is 11.5. The molecule has 1 unspecified atom stereocenters. The number of halogens is 1. The van der Waals surface area contributed by atoms with Gasteiger partial charge in [-0.05, 0) is 73.6 Å². The summed E-state index contributed by atoms with van der Waals surface area (Å²) in [6.07, 6.45) is 5.58. The molecule has 1 N–H and O–H groups in total. The average Bonchev–Trinajstić information content (AvgIpc) is 3.01. The van der Waals surface area contributed by atoms with E-state index < -0.39 is 0 Å². The van der Waals surface area contributed by atoms with Crippen molar-refractivity contribution >= 4 is 23.7 Å². The predicted molar refractivity (Wildman–Crippen MR) is 80.6 cm³/mol. The Hall–Kier alpha value is -0.0900. The van der Waals surface area contributed by atoms with Gasteiger partial charge in [-0.25, -0.2) is 0 Å². The lowest BCUT2D eigenvalue weighted by atomic mass is 9.88. The van der Waals surface area contributed by atoms with Gasteiger partial charge >= 0.3 is 0 Å². The Morgan fingerprint density at radius 3 is 2.72 bits per heavy atom. The van der Waals surface area contributed by atoms with E-state index in [1.807, 2.05) is 11.3 Å². The minimum atomic E-state index is 0. The first-order chi connectivity index (χ1) is 8.42. The quantitative estimate of drug-likeness (QED) is 0.918. The largest absolute Gasteiger partial charge is 0.314 e. The third kappa shape index (κ3) is 3.47. The summed E-state index contributed by atoms with van der Waals surface area (Å²) in [4.78, 5) is 2.62. The minimum Gasteiger partial charge on any atom is -0.314 e. The number of hydrogen-bond acceptors (Lipinski definition) is 3. The number of rotatable bonds is 3. The summed E-state index contributed by atoms with van der Waals surface area (Å²) < 4.78 is 0. The van der Waals surface area contributed by atoms with Crippen LogP contribution in [0.4, 0.5) is 0 Å². The van der Waals surface area contributed by atoms with Gasteiger partial charge in [0.15, 0.2) is 0 Å². The summed E-state index contributed by atoms with van der Waals surface area (Å²) in [6, 6.07) is 3.09. The Bertz CT molecular complexity index is 328. The molecule has 0 saturated carbocycles. The second-order valence-corrected chi connectivity index (χ2v) is 6.23. The van der Waals surface area contributed by atoms with Crippen LogP contribution >= 0.6 is 23.7 Å². The molecule has 0 aromatic carbocycles. The van der Waals surface area contributed by atoms with Crippen LogP contribution in [0.5, 0.6) is 0 Å². The van der Waals surface area contributed by atoms with Gasteiger partial charge in [-0.15, -0.1) is 12.4 Å². The average molecular weight is 287 g/mol. The monoisotopic (exact) mass is 286 g/mol. The first-order valence-corrected chi connectivity index (χ1v) is 7.83. The summed E-state index contributed by atoms with van der Waals surface area (Å²) in [5.74, 6) is 0.941. The fourth-order valence-electron chi connectivity index (χ4n) is 3.27. The van der Waals surface area contributed by atoms with Crippen molar-refractivity contribution in [2.24, 2.45) is 5.92 Å². The Morgan fingerprint density at radius 1 is 1.28 bits per heavy atom. The molecule has 0 aliphatic carbocycles. The Morgan fingerprint density at radius 2 is 2.11 bits per heavy atom. The van der Waals surface area contributed by atoms with Gasteiger partial charge in [0.05, 0.1) is 0 Å². The highest BCUT2D eigenvalue weighted by molar-refractivity contribution is 7.07. The van der Waals surface area contributed by atoms with Crippen LogP contribution in [0.1, 0.15) is 31.2 Å². The molecule has 0 amide bonds. The van der Waals surface area contributed by atoms with Crippen LogP contribution in [0.15, 0.2) is 16.8 Å². The zero-order valence-corrected chi connectivity index (χ0v) is 12.4. The second kappa shape index (κ2) is 6.90. The third-order valence-corrected chi connectivity index (χ3v) is 5.02. The van der Waals surface area contributed by atoms with Crippen molar-refractivity contribution in [3.05, 3.63) is 22.4 Å². The first-order valence-electron chi connectivity index (χ1n) is 6.88. The van der Waals surface area contributed by atoms with Crippen molar-refractivity contribution in [3.8, 4) is 0 Å². The number of nitrogens with one attached hydrogen (secondary N) is 1. The van der Waals surface area contributed by atoms with E-state index in [1.54, 1.807) is 0 Å². The number of piperidine rings is 1. The van der Waals surface area contributed by atoms with Gasteiger partial charge in [-0.3, -0.25) is 4.90 Å². The van der Waals surface area contributed by atoms with Crippen molar-refractivity contribution in [2.75, 3.05) is 19.6 Å². The molecule has 2 aliphatic rings. The van der Waals surface area contributed by atoms with E-state index in [-0.39, 0.29) is 12.4 Å². The van der Waals surface area contributed by atoms with Crippen LogP contribution in [0.2, 0.25) is 0 Å². The predicted octanol–water partition coefficient (Wildman–Crippen LogP) is 3.13. The highest BCUT2D eigenvalue weighted by Crippen LogP contribution is 2.26. The molecular formula is C14H23ClN2S. The third-order valence-electron chi connectivity index (χ3n) is 4.29. The molecule has 102 valence electrons. The number of nitrogens with zero attached hydrogens (tertiary/aromatic N) is 1. The first kappa shape index (κ1) is 14.3. The fraction of sp³-hybridized carbons (Fsp3) is 0.714. The minimum absolute atomic E-state index is 0. The molecule has 2 aliphatic heterocycles. The van der Waals surface area contributed by atoms with Crippen molar-refractivity contribution < 1.29 is 0 Å². The van der Waals surface area contributed by atoms with Gasteiger partial charge < -0.3 is 5.32 Å². The van der Waals surface area contributed by atoms with E-state index in [2.05, 4.69) is 27.0 Å². The molecule has 4 heteroatoms. The molecule has 0 radical (unpaired) electrons. The molecule has 3 heterocycles. The van der Waals surface area contributed by atoms with Crippen molar-refractivity contribution in [1.82, 2.24) is 10.2 Å². The van der Waals surface area contributed by atoms with Crippen LogP contribution in [0, 0.1) is 5.92 Å². The molecule has 1 atom stereocenters. The number of likely N-dealkylation sites (tertiary alicyclic amines) is 1. The maximum absolute atomic E-state index is 3.67. The van der Waals surface area contributed by atoms with Gasteiger partial charge in [-0.2, -0.15) is 11.3 Å². The van der Waals surface area contributed by atoms with Crippen LogP contribution in [0.3, 0.4) is 0 Å². The van der Waals surface area contributed by atoms with Gasteiger partial charge in [-0.1, -0.05) is 0 Å². The smallest absolute Gasteiger partial charge is 0.0241 e.